The van der Waals surface area contributed by atoms with Gasteiger partial charge in [0.15, 0.2) is 0 Å². The van der Waals surface area contributed by atoms with Gasteiger partial charge in [0.05, 0.1) is 12.8 Å². The van der Waals surface area contributed by atoms with Crippen LogP contribution in [0, 0.1) is 0 Å². The molecule has 1 fully saturated rings. The van der Waals surface area contributed by atoms with E-state index in [9.17, 15) is 4.79 Å². The number of hydrogen-bond donors (Lipinski definition) is 2. The molecule has 0 unspecified atom stereocenters. The molecule has 2 heterocycles. The second-order valence-corrected chi connectivity index (χ2v) is 6.54. The first-order valence-electron chi connectivity index (χ1n) is 7.24. The highest BCUT2D eigenvalue weighted by molar-refractivity contribution is 7.99. The first kappa shape index (κ1) is 15.0. The Bertz CT molecular complexity index is 678. The van der Waals surface area contributed by atoms with Crippen molar-refractivity contribution in [3.8, 4) is 17.0 Å². The highest BCUT2D eigenvalue weighted by atomic mass is 32.2. The van der Waals surface area contributed by atoms with Crippen LogP contribution in [0.3, 0.4) is 0 Å². The number of carboxylic acids is 1. The fraction of sp³-hybridized carbons (Fsp3) is 0.375. The number of H-pyrrole nitrogens is 1. The van der Waals surface area contributed by atoms with Crippen LogP contribution < -0.4 is 4.74 Å². The summed E-state index contributed by atoms with van der Waals surface area (Å²) in [5, 5.41) is 15.7. The molecule has 22 heavy (non-hydrogen) atoms. The normalized spacial score (nSPS) is 15.7. The predicted octanol–water partition coefficient (Wildman–Crippen LogP) is 3.39. The molecule has 3 rings (SSSR count). The molecule has 1 aromatic carbocycles. The van der Waals surface area contributed by atoms with E-state index in [1.54, 1.807) is 13.2 Å². The number of nitrogens with zero attached hydrogens (tertiary/aromatic N) is 1. The second-order valence-electron chi connectivity index (χ2n) is 5.32. The van der Waals surface area contributed by atoms with E-state index in [1.165, 1.54) is 29.9 Å². The minimum atomic E-state index is -1.02. The summed E-state index contributed by atoms with van der Waals surface area (Å²) in [6.45, 7) is 0. The van der Waals surface area contributed by atoms with Crippen molar-refractivity contribution in [2.75, 3.05) is 18.6 Å². The molecule has 5 nitrogen and oxygen atoms in total. The van der Waals surface area contributed by atoms with Crippen LogP contribution in [0.15, 0.2) is 24.3 Å². The maximum absolute atomic E-state index is 11.0. The molecule has 0 saturated carbocycles. The molecule has 2 N–H and O–H groups in total. The van der Waals surface area contributed by atoms with Crippen LogP contribution in [0.4, 0.5) is 0 Å². The van der Waals surface area contributed by atoms with E-state index < -0.39 is 5.97 Å². The van der Waals surface area contributed by atoms with E-state index in [4.69, 9.17) is 9.84 Å². The number of carboxylic acid groups (broad SMARTS) is 1. The molecule has 0 spiro atoms. The summed E-state index contributed by atoms with van der Waals surface area (Å²) in [5.74, 6) is 2.63. The number of nitrogens with one attached hydrogen (secondary N) is 1. The maximum atomic E-state index is 11.0. The fourth-order valence-corrected chi connectivity index (χ4v) is 3.89. The SMILES string of the molecule is COc1ccc(C2CCSCC2)cc1-c1cc(C(=O)O)[nH]n1. The van der Waals surface area contributed by atoms with E-state index in [2.05, 4.69) is 22.3 Å². The molecule has 0 radical (unpaired) electrons. The monoisotopic (exact) mass is 318 g/mol. The average molecular weight is 318 g/mol. The lowest BCUT2D eigenvalue weighted by Crippen LogP contribution is -2.08. The average Bonchev–Trinajstić information content (AvgIpc) is 3.05. The number of methoxy groups -OCH3 is 1. The Morgan fingerprint density at radius 1 is 1.36 bits per heavy atom. The van der Waals surface area contributed by atoms with Crippen LogP contribution in [0.25, 0.3) is 11.3 Å². The van der Waals surface area contributed by atoms with Crippen molar-refractivity contribution in [1.29, 1.82) is 0 Å². The highest BCUT2D eigenvalue weighted by Crippen LogP contribution is 2.36. The third kappa shape index (κ3) is 2.97. The Hall–Kier alpha value is -1.95. The molecular weight excluding hydrogens is 300 g/mol. The Balaban J connectivity index is 1.98. The molecule has 1 aromatic heterocycles. The third-order valence-electron chi connectivity index (χ3n) is 4.00. The van der Waals surface area contributed by atoms with Gasteiger partial charge in [-0.2, -0.15) is 16.9 Å². The maximum Gasteiger partial charge on any atom is 0.353 e. The van der Waals surface area contributed by atoms with Crippen molar-refractivity contribution >= 4 is 17.7 Å². The number of ether oxygens (including phenoxy) is 1. The van der Waals surface area contributed by atoms with Crippen molar-refractivity contribution in [2.45, 2.75) is 18.8 Å². The fourth-order valence-electron chi connectivity index (χ4n) is 2.78. The first-order valence-corrected chi connectivity index (χ1v) is 8.39. The van der Waals surface area contributed by atoms with Gasteiger partial charge in [-0.3, -0.25) is 5.10 Å². The van der Waals surface area contributed by atoms with Gasteiger partial charge < -0.3 is 9.84 Å². The summed E-state index contributed by atoms with van der Waals surface area (Å²) in [4.78, 5) is 11.0. The standard InChI is InChI=1S/C16H18N2O3S/c1-21-15-3-2-11(10-4-6-22-7-5-10)8-12(15)13-9-14(16(19)20)18-17-13/h2-3,8-10H,4-7H2,1H3,(H,17,18)(H,19,20). The zero-order valence-corrected chi connectivity index (χ0v) is 13.2. The van der Waals surface area contributed by atoms with Gasteiger partial charge in [0.1, 0.15) is 11.4 Å². The molecule has 116 valence electrons. The van der Waals surface area contributed by atoms with Crippen molar-refractivity contribution in [2.24, 2.45) is 0 Å². The zero-order chi connectivity index (χ0) is 15.5. The van der Waals surface area contributed by atoms with E-state index in [0.717, 1.165) is 5.56 Å². The molecule has 0 bridgehead atoms. The van der Waals surface area contributed by atoms with Crippen LogP contribution >= 0.6 is 11.8 Å². The summed E-state index contributed by atoms with van der Waals surface area (Å²) >= 11 is 2.00. The van der Waals surface area contributed by atoms with Gasteiger partial charge in [0, 0.05) is 5.56 Å². The van der Waals surface area contributed by atoms with E-state index in [-0.39, 0.29) is 5.69 Å². The molecule has 1 aliphatic rings. The minimum absolute atomic E-state index is 0.0801. The summed E-state index contributed by atoms with van der Waals surface area (Å²) in [5.41, 5.74) is 2.79. The van der Waals surface area contributed by atoms with Crippen LogP contribution in [-0.4, -0.2) is 39.9 Å². The van der Waals surface area contributed by atoms with Crippen LogP contribution in [0.5, 0.6) is 5.75 Å². The number of carbonyl (C=O) groups is 1. The van der Waals surface area contributed by atoms with Crippen LogP contribution in [0.1, 0.15) is 34.8 Å². The minimum Gasteiger partial charge on any atom is -0.496 e. The van der Waals surface area contributed by atoms with Gasteiger partial charge >= 0.3 is 5.97 Å². The molecule has 2 aromatic rings. The summed E-state index contributed by atoms with van der Waals surface area (Å²) in [6, 6.07) is 7.68. The number of rotatable bonds is 4. The Labute approximate surface area is 133 Å². The Kier molecular flexibility index (Phi) is 4.38. The zero-order valence-electron chi connectivity index (χ0n) is 12.3. The molecule has 0 amide bonds. The van der Waals surface area contributed by atoms with Gasteiger partial charge in [-0.15, -0.1) is 0 Å². The lowest BCUT2D eigenvalue weighted by Gasteiger charge is -2.22. The molecule has 0 aliphatic carbocycles. The summed E-state index contributed by atoms with van der Waals surface area (Å²) < 4.78 is 5.41. The largest absolute Gasteiger partial charge is 0.496 e. The third-order valence-corrected chi connectivity index (χ3v) is 5.05. The number of benzene rings is 1. The lowest BCUT2D eigenvalue weighted by atomic mass is 9.91. The molecular formula is C16H18N2O3S. The Morgan fingerprint density at radius 3 is 2.77 bits per heavy atom. The molecule has 0 atom stereocenters. The van der Waals surface area contributed by atoms with Gasteiger partial charge in [-0.05, 0) is 54.0 Å². The van der Waals surface area contributed by atoms with E-state index in [1.807, 2.05) is 17.8 Å². The number of aromatic nitrogens is 2. The molecule has 1 aliphatic heterocycles. The number of hydrogen-bond acceptors (Lipinski definition) is 4. The summed E-state index contributed by atoms with van der Waals surface area (Å²) in [6.07, 6.45) is 2.36. The van der Waals surface area contributed by atoms with Crippen molar-refractivity contribution in [1.82, 2.24) is 10.2 Å². The number of thioether (sulfide) groups is 1. The number of aromatic amines is 1. The van der Waals surface area contributed by atoms with Crippen molar-refractivity contribution in [3.63, 3.8) is 0 Å². The molecule has 6 heteroatoms. The first-order chi connectivity index (χ1) is 10.7. The van der Waals surface area contributed by atoms with E-state index in [0.29, 0.717) is 17.4 Å². The summed E-state index contributed by atoms with van der Waals surface area (Å²) in [7, 11) is 1.61. The lowest BCUT2D eigenvalue weighted by molar-refractivity contribution is 0.0690. The highest BCUT2D eigenvalue weighted by Gasteiger charge is 2.19. The molecule has 1 saturated heterocycles. The quantitative estimate of drug-likeness (QED) is 0.903. The predicted molar refractivity (Wildman–Crippen MR) is 86.8 cm³/mol. The number of aromatic carboxylic acids is 1. The smallest absolute Gasteiger partial charge is 0.353 e. The van der Waals surface area contributed by atoms with Crippen LogP contribution in [0.2, 0.25) is 0 Å². The van der Waals surface area contributed by atoms with Gasteiger partial charge in [-0.25, -0.2) is 4.79 Å². The van der Waals surface area contributed by atoms with Crippen molar-refractivity contribution < 1.29 is 14.6 Å². The Morgan fingerprint density at radius 2 is 2.14 bits per heavy atom. The van der Waals surface area contributed by atoms with Gasteiger partial charge in [-0.1, -0.05) is 6.07 Å². The van der Waals surface area contributed by atoms with Gasteiger partial charge in [0.25, 0.3) is 0 Å². The second kappa shape index (κ2) is 6.44. The van der Waals surface area contributed by atoms with Gasteiger partial charge in [0.2, 0.25) is 0 Å². The topological polar surface area (TPSA) is 75.2 Å². The van der Waals surface area contributed by atoms with E-state index >= 15 is 0 Å². The van der Waals surface area contributed by atoms with Crippen LogP contribution in [-0.2, 0) is 0 Å². The van der Waals surface area contributed by atoms with Crippen molar-refractivity contribution in [3.05, 3.63) is 35.5 Å².